The molecule has 0 fully saturated rings. The molecule has 1 aliphatic rings. The Morgan fingerprint density at radius 2 is 1.51 bits per heavy atom. The highest BCUT2D eigenvalue weighted by atomic mass is 19.2. The summed E-state index contributed by atoms with van der Waals surface area (Å²) in [6.07, 6.45) is 0.179. The number of nitrogens with one attached hydrogen (secondary N) is 2. The number of carboxylic acids is 1. The van der Waals surface area contributed by atoms with Gasteiger partial charge in [0.25, 0.3) is 11.8 Å². The van der Waals surface area contributed by atoms with Crippen LogP contribution in [0.2, 0.25) is 0 Å². The van der Waals surface area contributed by atoms with Crippen LogP contribution in [0.3, 0.4) is 0 Å². The van der Waals surface area contributed by atoms with E-state index >= 15 is 0 Å². The van der Waals surface area contributed by atoms with Crippen molar-refractivity contribution in [1.82, 2.24) is 15.5 Å². The first-order valence-electron chi connectivity index (χ1n) is 12.6. The van der Waals surface area contributed by atoms with E-state index in [9.17, 15) is 33.1 Å². The Labute approximate surface area is 224 Å². The minimum Gasteiger partial charge on any atom is -0.480 e. The molecule has 0 aromatic heterocycles. The molecule has 0 saturated heterocycles. The predicted octanol–water partition coefficient (Wildman–Crippen LogP) is 3.88. The van der Waals surface area contributed by atoms with E-state index in [2.05, 4.69) is 10.6 Å². The Hall–Kier alpha value is -4.18. The number of halogens is 2. The van der Waals surface area contributed by atoms with Gasteiger partial charge in [0.1, 0.15) is 6.04 Å². The topological polar surface area (TPSA) is 116 Å². The molecule has 3 aromatic rings. The van der Waals surface area contributed by atoms with E-state index in [-0.39, 0.29) is 36.6 Å². The van der Waals surface area contributed by atoms with E-state index < -0.39 is 47.4 Å². The second-order valence-corrected chi connectivity index (χ2v) is 10.0. The van der Waals surface area contributed by atoms with Crippen LogP contribution in [0.4, 0.5) is 8.78 Å². The quantitative estimate of drug-likeness (QED) is 0.320. The van der Waals surface area contributed by atoms with Crippen molar-refractivity contribution < 1.29 is 33.1 Å². The molecule has 10 heteroatoms. The molecule has 4 rings (SSSR count). The highest BCUT2D eigenvalue weighted by Gasteiger charge is 2.37. The fourth-order valence-corrected chi connectivity index (χ4v) is 4.64. The summed E-state index contributed by atoms with van der Waals surface area (Å²) in [4.78, 5) is 52.0. The van der Waals surface area contributed by atoms with Gasteiger partial charge in [-0.25, -0.2) is 8.78 Å². The molecule has 0 saturated carbocycles. The Morgan fingerprint density at radius 3 is 2.05 bits per heavy atom. The molecule has 204 valence electrons. The van der Waals surface area contributed by atoms with Crippen LogP contribution in [0, 0.1) is 17.6 Å². The van der Waals surface area contributed by atoms with E-state index in [1.54, 1.807) is 12.1 Å². The number of hydrogen-bond acceptors (Lipinski definition) is 5. The van der Waals surface area contributed by atoms with Gasteiger partial charge in [-0.3, -0.25) is 29.4 Å². The molecule has 0 radical (unpaired) electrons. The molecule has 0 spiro atoms. The van der Waals surface area contributed by atoms with Crippen LogP contribution in [-0.4, -0.2) is 52.3 Å². The lowest BCUT2D eigenvalue weighted by Gasteiger charge is -2.25. The van der Waals surface area contributed by atoms with Crippen LogP contribution < -0.4 is 10.6 Å². The summed E-state index contributed by atoms with van der Waals surface area (Å²) in [5.74, 6) is -4.74. The molecule has 1 unspecified atom stereocenters. The number of fused-ring (bicyclic) bond motifs is 2. The van der Waals surface area contributed by atoms with Gasteiger partial charge in [-0.05, 0) is 59.4 Å². The number of benzene rings is 3. The number of amides is 3. The van der Waals surface area contributed by atoms with Gasteiger partial charge in [0, 0.05) is 13.1 Å². The first-order valence-corrected chi connectivity index (χ1v) is 12.6. The zero-order valence-electron chi connectivity index (χ0n) is 21.5. The van der Waals surface area contributed by atoms with Crippen LogP contribution in [0.5, 0.6) is 0 Å². The normalized spacial score (nSPS) is 14.5. The van der Waals surface area contributed by atoms with Crippen LogP contribution in [0.25, 0.3) is 10.8 Å². The summed E-state index contributed by atoms with van der Waals surface area (Å²) in [5, 5.41) is 17.0. The molecule has 3 N–H and O–H groups in total. The maximum atomic E-state index is 13.5. The average Bonchev–Trinajstić information content (AvgIpc) is 3.13. The lowest BCUT2D eigenvalue weighted by molar-refractivity contribution is -0.140. The van der Waals surface area contributed by atoms with Crippen LogP contribution in [0.15, 0.2) is 54.6 Å². The monoisotopic (exact) mass is 537 g/mol. The number of carbonyl (C=O) groups is 4. The second-order valence-electron chi connectivity index (χ2n) is 10.0. The van der Waals surface area contributed by atoms with Gasteiger partial charge in [-0.15, -0.1) is 0 Å². The molecule has 0 bridgehead atoms. The van der Waals surface area contributed by atoms with Gasteiger partial charge >= 0.3 is 5.97 Å². The third kappa shape index (κ3) is 6.28. The molecule has 3 aromatic carbocycles. The molecule has 39 heavy (non-hydrogen) atoms. The van der Waals surface area contributed by atoms with E-state index in [0.717, 1.165) is 27.8 Å². The van der Waals surface area contributed by atoms with Crippen LogP contribution >= 0.6 is 0 Å². The zero-order chi connectivity index (χ0) is 28.3. The molecule has 1 aliphatic heterocycles. The molecular formula is C29H29F2N3O5. The summed E-state index contributed by atoms with van der Waals surface area (Å²) in [7, 11) is 0. The third-order valence-electron chi connectivity index (χ3n) is 6.65. The summed E-state index contributed by atoms with van der Waals surface area (Å²) in [6.45, 7) is 3.51. The lowest BCUT2D eigenvalue weighted by atomic mass is 10.0. The minimum atomic E-state index is -1.24. The van der Waals surface area contributed by atoms with Gasteiger partial charge in [-0.1, -0.05) is 44.2 Å². The number of imide groups is 1. The highest BCUT2D eigenvalue weighted by molar-refractivity contribution is 6.23. The van der Waals surface area contributed by atoms with Crippen molar-refractivity contribution >= 4 is 34.5 Å². The van der Waals surface area contributed by atoms with Crippen molar-refractivity contribution in [2.24, 2.45) is 5.92 Å². The second kappa shape index (κ2) is 11.7. The van der Waals surface area contributed by atoms with Crippen molar-refractivity contribution in [2.45, 2.75) is 45.3 Å². The van der Waals surface area contributed by atoms with Gasteiger partial charge < -0.3 is 10.4 Å². The van der Waals surface area contributed by atoms with Crippen LogP contribution in [-0.2, 0) is 16.1 Å². The average molecular weight is 538 g/mol. The largest absolute Gasteiger partial charge is 0.480 e. The number of carboxylic acid groups (broad SMARTS) is 1. The van der Waals surface area contributed by atoms with Crippen LogP contribution in [0.1, 0.15) is 53.0 Å². The fourth-order valence-electron chi connectivity index (χ4n) is 4.64. The summed E-state index contributed by atoms with van der Waals surface area (Å²) >= 11 is 0. The molecule has 2 atom stereocenters. The Kier molecular flexibility index (Phi) is 8.35. The number of aliphatic carboxylic acids is 1. The first-order chi connectivity index (χ1) is 18.5. The maximum absolute atomic E-state index is 13.5. The van der Waals surface area contributed by atoms with Gasteiger partial charge in [0.15, 0.2) is 11.6 Å². The predicted molar refractivity (Wildman–Crippen MR) is 140 cm³/mol. The first kappa shape index (κ1) is 27.8. The van der Waals surface area contributed by atoms with Crippen molar-refractivity contribution in [2.75, 3.05) is 6.54 Å². The van der Waals surface area contributed by atoms with Gasteiger partial charge in [0.2, 0.25) is 5.91 Å². The number of hydrogen-bond donors (Lipinski definition) is 3. The van der Waals surface area contributed by atoms with E-state index in [1.807, 2.05) is 38.1 Å². The van der Waals surface area contributed by atoms with E-state index in [0.29, 0.717) is 12.0 Å². The van der Waals surface area contributed by atoms with Crippen molar-refractivity contribution in [3.05, 3.63) is 82.9 Å². The lowest BCUT2D eigenvalue weighted by Crippen LogP contribution is -2.52. The van der Waals surface area contributed by atoms with Gasteiger partial charge in [0.05, 0.1) is 17.2 Å². The van der Waals surface area contributed by atoms with Crippen molar-refractivity contribution in [3.63, 3.8) is 0 Å². The highest BCUT2D eigenvalue weighted by Crippen LogP contribution is 2.28. The number of carbonyl (C=O) groups excluding carboxylic acids is 3. The minimum absolute atomic E-state index is 0.0244. The van der Waals surface area contributed by atoms with Crippen molar-refractivity contribution in [1.29, 1.82) is 0 Å². The maximum Gasteiger partial charge on any atom is 0.320 e. The zero-order valence-corrected chi connectivity index (χ0v) is 21.5. The Balaban J connectivity index is 1.43. The smallest absolute Gasteiger partial charge is 0.320 e. The SMILES string of the molecule is CC(C)C[C@@H](NC(CCN1C(=O)c2cc3ccccc3cc2C1=O)C(=O)O)C(=O)NCc1ccc(F)c(F)c1. The molecule has 3 amide bonds. The summed E-state index contributed by atoms with van der Waals surface area (Å²) in [5.41, 5.74) is 0.888. The number of rotatable bonds is 11. The molecule has 0 aliphatic carbocycles. The van der Waals surface area contributed by atoms with E-state index in [1.165, 1.54) is 6.07 Å². The summed E-state index contributed by atoms with van der Waals surface area (Å²) < 4.78 is 26.7. The molecule has 8 nitrogen and oxygen atoms in total. The Bertz CT molecular complexity index is 1390. The van der Waals surface area contributed by atoms with Crippen molar-refractivity contribution in [3.8, 4) is 0 Å². The third-order valence-corrected chi connectivity index (χ3v) is 6.65. The number of nitrogens with zero attached hydrogens (tertiary/aromatic N) is 1. The van der Waals surface area contributed by atoms with Gasteiger partial charge in [-0.2, -0.15) is 0 Å². The van der Waals surface area contributed by atoms with E-state index in [4.69, 9.17) is 0 Å². The fraction of sp³-hybridized carbons (Fsp3) is 0.310. The Morgan fingerprint density at radius 1 is 0.897 bits per heavy atom. The standard InChI is InChI=1S/C29H29F2N3O5/c1-16(2)11-25(26(35)32-15-17-7-8-22(30)23(31)12-17)33-24(29(38)39)9-10-34-27(36)20-13-18-5-3-4-6-19(18)14-21(20)28(34)37/h3-8,12-14,16,24-25,33H,9-11,15H2,1-2H3,(H,32,35)(H,38,39)/t24?,25-/m1/s1. The molecular weight excluding hydrogens is 508 g/mol. The molecule has 1 heterocycles. The summed E-state index contributed by atoms with van der Waals surface area (Å²) in [6, 6.07) is 11.8.